The Morgan fingerprint density at radius 3 is 0.941 bits per heavy atom. The van der Waals surface area contributed by atoms with Crippen molar-refractivity contribution in [2.24, 2.45) is 0 Å². The maximum Gasteiger partial charge on any atom is 0.319 e. The molecule has 34 heavy (non-hydrogen) atoms. The molecule has 0 aromatic carbocycles. The molecule has 0 aromatic heterocycles. The Balaban J connectivity index is -0.000000689. The van der Waals surface area contributed by atoms with E-state index in [1.807, 2.05) is 41.5 Å². The molecule has 0 heterocycles. The van der Waals surface area contributed by atoms with Gasteiger partial charge in [0.1, 0.15) is 0 Å². The molecule has 0 rings (SSSR count). The van der Waals surface area contributed by atoms with E-state index in [0.717, 1.165) is 9.80 Å². The summed E-state index contributed by atoms with van der Waals surface area (Å²) in [5, 5.41) is 35.4. The highest BCUT2D eigenvalue weighted by Crippen LogP contribution is 1.98. The molecule has 4 N–H and O–H groups in total. The van der Waals surface area contributed by atoms with Gasteiger partial charge in [-0.1, -0.05) is 41.5 Å². The predicted molar refractivity (Wildman–Crippen MR) is 126 cm³/mol. The minimum Gasteiger partial charge on any atom is -0.480 e. The van der Waals surface area contributed by atoms with Crippen molar-refractivity contribution in [1.29, 1.82) is 0 Å². The van der Waals surface area contributed by atoms with E-state index in [2.05, 4.69) is 4.74 Å². The molecule has 0 amide bonds. The van der Waals surface area contributed by atoms with Gasteiger partial charge in [-0.25, -0.2) is 0 Å². The number of ether oxygens (including phenoxy) is 1. The van der Waals surface area contributed by atoms with Crippen LogP contribution < -0.4 is 0 Å². The van der Waals surface area contributed by atoms with Crippen LogP contribution in [0.5, 0.6) is 0 Å². The summed E-state index contributed by atoms with van der Waals surface area (Å²) in [4.78, 5) is 58.7. The average molecular weight is 498 g/mol. The highest BCUT2D eigenvalue weighted by atomic mass is 16.5. The second-order valence-electron chi connectivity index (χ2n) is 5.85. The molecular formula is C21H43N3O10. The molecule has 0 aromatic rings. The quantitative estimate of drug-likeness (QED) is 0.216. The fourth-order valence-electron chi connectivity index (χ4n) is 2.28. The summed E-state index contributed by atoms with van der Waals surface area (Å²) < 4.78 is 4.57. The molecule has 0 radical (unpaired) electrons. The summed E-state index contributed by atoms with van der Waals surface area (Å²) in [5.74, 6) is -5.46. The van der Waals surface area contributed by atoms with Gasteiger partial charge in [0.25, 0.3) is 0 Å². The number of hydrogen-bond acceptors (Lipinski definition) is 9. The summed E-state index contributed by atoms with van der Waals surface area (Å²) in [7, 11) is 1.17. The van der Waals surface area contributed by atoms with Crippen molar-refractivity contribution in [2.45, 2.75) is 41.5 Å². The number of carboxylic acids is 4. The van der Waals surface area contributed by atoms with Gasteiger partial charge in [0.15, 0.2) is 0 Å². The van der Waals surface area contributed by atoms with Crippen LogP contribution in [0.2, 0.25) is 0 Å². The summed E-state index contributed by atoms with van der Waals surface area (Å²) in [6, 6.07) is 0. The second-order valence-corrected chi connectivity index (χ2v) is 5.85. The zero-order valence-corrected chi connectivity index (χ0v) is 21.4. The summed E-state index contributed by atoms with van der Waals surface area (Å²) >= 11 is 0. The molecule has 0 saturated heterocycles. The maximum atomic E-state index is 11.6. The highest BCUT2D eigenvalue weighted by Gasteiger charge is 2.19. The van der Waals surface area contributed by atoms with Crippen molar-refractivity contribution in [3.05, 3.63) is 0 Å². The van der Waals surface area contributed by atoms with Gasteiger partial charge < -0.3 is 25.2 Å². The van der Waals surface area contributed by atoms with E-state index in [-0.39, 0.29) is 32.7 Å². The molecule has 0 atom stereocenters. The van der Waals surface area contributed by atoms with Crippen LogP contribution >= 0.6 is 0 Å². The lowest BCUT2D eigenvalue weighted by Crippen LogP contribution is -2.45. The van der Waals surface area contributed by atoms with Crippen molar-refractivity contribution >= 4 is 29.8 Å². The van der Waals surface area contributed by atoms with Crippen molar-refractivity contribution in [3.63, 3.8) is 0 Å². The third-order valence-electron chi connectivity index (χ3n) is 3.48. The number of carbonyl (C=O) groups is 5. The standard InChI is InChI=1S/C15H25N3O10.3C2H6/c1-28-15(27)10-16(2-4-17(6-11(19)20)7-12(21)22)3-5-18(8-13(23)24)9-14(25)26;3*1-2/h2-10H2,1H3,(H,19,20)(H,21,22)(H,23,24)(H,25,26);3*1-2H3. The number of hydrogen-bond donors (Lipinski definition) is 4. The number of nitrogens with zero attached hydrogens (tertiary/aromatic N) is 3. The zero-order chi connectivity index (χ0) is 27.7. The van der Waals surface area contributed by atoms with Crippen LogP contribution in [0.4, 0.5) is 0 Å². The summed E-state index contributed by atoms with van der Waals surface area (Å²) in [6.45, 7) is 9.93. The first-order valence-electron chi connectivity index (χ1n) is 11.1. The predicted octanol–water partition coefficient (Wildman–Crippen LogP) is 0.482. The molecule has 0 bridgehead atoms. The topological polar surface area (TPSA) is 185 Å². The van der Waals surface area contributed by atoms with Gasteiger partial charge in [0.2, 0.25) is 0 Å². The molecule has 13 heteroatoms. The van der Waals surface area contributed by atoms with E-state index in [4.69, 9.17) is 20.4 Å². The first kappa shape index (κ1) is 38.5. The van der Waals surface area contributed by atoms with E-state index in [1.54, 1.807) is 0 Å². The third-order valence-corrected chi connectivity index (χ3v) is 3.48. The minimum absolute atomic E-state index is 0.00740. The number of carboxylic acid groups (broad SMARTS) is 4. The lowest BCUT2D eigenvalue weighted by molar-refractivity contribution is -0.144. The smallest absolute Gasteiger partial charge is 0.319 e. The van der Waals surface area contributed by atoms with Gasteiger partial charge in [0.05, 0.1) is 39.8 Å². The van der Waals surface area contributed by atoms with Crippen molar-refractivity contribution in [2.75, 3.05) is 66.0 Å². The van der Waals surface area contributed by atoms with Crippen LogP contribution in [0.1, 0.15) is 41.5 Å². The van der Waals surface area contributed by atoms with E-state index in [9.17, 15) is 24.0 Å². The molecule has 0 aliphatic rings. The molecule has 202 valence electrons. The van der Waals surface area contributed by atoms with Gasteiger partial charge in [-0.3, -0.25) is 38.7 Å². The molecular weight excluding hydrogens is 454 g/mol. The maximum absolute atomic E-state index is 11.6. The molecule has 13 nitrogen and oxygen atoms in total. The fraction of sp³-hybridized carbons (Fsp3) is 0.762. The number of aliphatic carboxylic acids is 4. The van der Waals surface area contributed by atoms with Gasteiger partial charge in [-0.15, -0.1) is 0 Å². The SMILES string of the molecule is CC.CC.CC.COC(=O)CN(CCN(CC(=O)O)CC(=O)O)CCN(CC(=O)O)CC(=O)O. The number of carbonyl (C=O) groups excluding carboxylic acids is 1. The zero-order valence-electron chi connectivity index (χ0n) is 21.4. The number of esters is 1. The number of rotatable bonds is 16. The monoisotopic (exact) mass is 497 g/mol. The molecule has 0 aliphatic heterocycles. The van der Waals surface area contributed by atoms with E-state index in [0.29, 0.717) is 0 Å². The summed E-state index contributed by atoms with van der Waals surface area (Å²) in [5.41, 5.74) is 0. The number of methoxy groups -OCH3 is 1. The highest BCUT2D eigenvalue weighted by molar-refractivity contribution is 5.73. The third kappa shape index (κ3) is 27.3. The molecule has 0 spiro atoms. The van der Waals surface area contributed by atoms with Crippen LogP contribution in [-0.2, 0) is 28.7 Å². The first-order valence-corrected chi connectivity index (χ1v) is 11.1. The molecule has 0 aliphatic carbocycles. The Bertz CT molecular complexity index is 501. The van der Waals surface area contributed by atoms with Crippen LogP contribution in [0.15, 0.2) is 0 Å². The van der Waals surface area contributed by atoms with Gasteiger partial charge in [-0.05, 0) is 0 Å². The van der Waals surface area contributed by atoms with Crippen LogP contribution in [0, 0.1) is 0 Å². The first-order chi connectivity index (χ1) is 16.0. The average Bonchev–Trinajstić information content (AvgIpc) is 2.77. The van der Waals surface area contributed by atoms with Crippen molar-refractivity contribution in [3.8, 4) is 0 Å². The van der Waals surface area contributed by atoms with Gasteiger partial charge >= 0.3 is 29.8 Å². The van der Waals surface area contributed by atoms with Gasteiger partial charge in [-0.2, -0.15) is 0 Å². The fourth-order valence-corrected chi connectivity index (χ4v) is 2.28. The minimum atomic E-state index is -1.21. The Hall–Kier alpha value is -2.77. The van der Waals surface area contributed by atoms with E-state index in [1.165, 1.54) is 12.0 Å². The van der Waals surface area contributed by atoms with Crippen molar-refractivity contribution in [1.82, 2.24) is 14.7 Å². The molecule has 0 unspecified atom stereocenters. The van der Waals surface area contributed by atoms with Crippen LogP contribution in [0.25, 0.3) is 0 Å². The summed E-state index contributed by atoms with van der Waals surface area (Å²) in [6.07, 6.45) is 0. The Morgan fingerprint density at radius 2 is 0.735 bits per heavy atom. The molecule has 0 fully saturated rings. The van der Waals surface area contributed by atoms with Crippen LogP contribution in [-0.4, -0.2) is 131 Å². The van der Waals surface area contributed by atoms with Crippen molar-refractivity contribution < 1.29 is 49.1 Å². The largest absolute Gasteiger partial charge is 0.480 e. The lowest BCUT2D eigenvalue weighted by atomic mass is 10.3. The second kappa shape index (κ2) is 26.5. The Labute approximate surface area is 201 Å². The lowest BCUT2D eigenvalue weighted by Gasteiger charge is -2.27. The van der Waals surface area contributed by atoms with E-state index < -0.39 is 56.0 Å². The van der Waals surface area contributed by atoms with Crippen LogP contribution in [0.3, 0.4) is 0 Å². The van der Waals surface area contributed by atoms with Gasteiger partial charge in [0, 0.05) is 26.2 Å². The molecule has 0 saturated carbocycles. The normalized spacial score (nSPS) is 9.59. The van der Waals surface area contributed by atoms with E-state index >= 15 is 0 Å². The Morgan fingerprint density at radius 1 is 0.500 bits per heavy atom. The Kier molecular flexibility index (Phi) is 30.0.